The molecule has 1 saturated heterocycles. The Morgan fingerprint density at radius 2 is 2.00 bits per heavy atom. The fraction of sp³-hybridized carbons (Fsp3) is 1.00. The van der Waals surface area contributed by atoms with E-state index < -0.39 is 6.29 Å². The number of hydrogen-bond acceptors (Lipinski definition) is 3. The third-order valence-electron chi connectivity index (χ3n) is 1.47. The summed E-state index contributed by atoms with van der Waals surface area (Å²) in [5, 5.41) is 17.9. The predicted octanol–water partition coefficient (Wildman–Crippen LogP) is -0.135. The molecule has 0 saturated carbocycles. The first kappa shape index (κ1) is 6.99. The second kappa shape index (κ2) is 2.64. The van der Waals surface area contributed by atoms with Crippen molar-refractivity contribution in [1.29, 1.82) is 0 Å². The Labute approximate surface area is 54.3 Å². The summed E-state index contributed by atoms with van der Waals surface area (Å²) >= 11 is 0. The van der Waals surface area contributed by atoms with Gasteiger partial charge in [-0.3, -0.25) is 0 Å². The van der Waals surface area contributed by atoms with Crippen molar-refractivity contribution >= 4 is 0 Å². The van der Waals surface area contributed by atoms with Crippen LogP contribution in [0.2, 0.25) is 0 Å². The summed E-state index contributed by atoms with van der Waals surface area (Å²) in [6.07, 6.45) is -0.169. The van der Waals surface area contributed by atoms with Crippen LogP contribution in [0.15, 0.2) is 0 Å². The van der Waals surface area contributed by atoms with Crippen LogP contribution in [0.5, 0.6) is 0 Å². The van der Waals surface area contributed by atoms with Gasteiger partial charge in [-0.05, 0) is 13.3 Å². The Morgan fingerprint density at radius 3 is 2.44 bits per heavy atom. The number of aliphatic hydroxyl groups excluding tert-OH is 2. The molecule has 0 aromatic carbocycles. The molecule has 1 rings (SSSR count). The molecule has 3 heteroatoms. The largest absolute Gasteiger partial charge is 0.393 e. The molecular weight excluding hydrogens is 120 g/mol. The van der Waals surface area contributed by atoms with Gasteiger partial charge in [-0.25, -0.2) is 0 Å². The summed E-state index contributed by atoms with van der Waals surface area (Å²) in [5.74, 6) is 0. The fourth-order valence-electron chi connectivity index (χ4n) is 1.09. The van der Waals surface area contributed by atoms with Gasteiger partial charge in [0.05, 0.1) is 12.2 Å². The second-order valence-electron chi connectivity index (χ2n) is 2.53. The van der Waals surface area contributed by atoms with E-state index in [1.54, 1.807) is 0 Å². The molecule has 0 aromatic heterocycles. The Morgan fingerprint density at radius 1 is 1.33 bits per heavy atom. The average Bonchev–Trinajstić information content (AvgIpc) is 1.59. The van der Waals surface area contributed by atoms with Gasteiger partial charge in [0.25, 0.3) is 0 Å². The highest BCUT2D eigenvalue weighted by Crippen LogP contribution is 2.16. The van der Waals surface area contributed by atoms with Crippen molar-refractivity contribution in [2.75, 3.05) is 0 Å². The Bertz CT molecular complexity index is 69.3. The number of hydrogen-bond donors (Lipinski definition) is 2. The van der Waals surface area contributed by atoms with E-state index in [0.29, 0.717) is 12.8 Å². The Balaban J connectivity index is 2.34. The van der Waals surface area contributed by atoms with Crippen LogP contribution in [0.25, 0.3) is 0 Å². The van der Waals surface area contributed by atoms with Crippen LogP contribution in [0.1, 0.15) is 19.8 Å². The summed E-state index contributed by atoms with van der Waals surface area (Å²) in [4.78, 5) is 0. The van der Waals surface area contributed by atoms with Crippen molar-refractivity contribution in [1.82, 2.24) is 0 Å². The molecule has 0 spiro atoms. The smallest absolute Gasteiger partial charge is 0.157 e. The van der Waals surface area contributed by atoms with Crippen LogP contribution in [-0.2, 0) is 4.74 Å². The molecule has 9 heavy (non-hydrogen) atoms. The molecule has 2 unspecified atom stereocenters. The standard InChI is InChI=1S/C6H12O3/c1-4-2-5(7)3-6(8)9-4/h4-8H,2-3H2,1H3/t4?,5-,6?/m1/s1. The van der Waals surface area contributed by atoms with Gasteiger partial charge in [0.2, 0.25) is 0 Å². The fourth-order valence-corrected chi connectivity index (χ4v) is 1.09. The maximum absolute atomic E-state index is 9.01. The minimum absolute atomic E-state index is 0.0104. The normalized spacial score (nSPS) is 45.0. The van der Waals surface area contributed by atoms with Crippen LogP contribution in [0.4, 0.5) is 0 Å². The van der Waals surface area contributed by atoms with E-state index in [2.05, 4.69) is 0 Å². The van der Waals surface area contributed by atoms with E-state index >= 15 is 0 Å². The van der Waals surface area contributed by atoms with Gasteiger partial charge < -0.3 is 14.9 Å². The molecule has 0 aromatic rings. The van der Waals surface area contributed by atoms with Gasteiger partial charge in [-0.1, -0.05) is 0 Å². The first-order chi connectivity index (χ1) is 4.18. The highest BCUT2D eigenvalue weighted by Gasteiger charge is 2.23. The van der Waals surface area contributed by atoms with Crippen LogP contribution in [0, 0.1) is 0 Å². The zero-order chi connectivity index (χ0) is 6.85. The molecular formula is C6H12O3. The van der Waals surface area contributed by atoms with Gasteiger partial charge in [-0.2, -0.15) is 0 Å². The maximum Gasteiger partial charge on any atom is 0.157 e. The monoisotopic (exact) mass is 132 g/mol. The molecule has 0 bridgehead atoms. The summed E-state index contributed by atoms with van der Waals surface area (Å²) in [5.41, 5.74) is 0. The van der Waals surface area contributed by atoms with Crippen molar-refractivity contribution in [2.24, 2.45) is 0 Å². The van der Waals surface area contributed by atoms with Crippen LogP contribution in [0.3, 0.4) is 0 Å². The zero-order valence-electron chi connectivity index (χ0n) is 5.45. The zero-order valence-corrected chi connectivity index (χ0v) is 5.45. The van der Waals surface area contributed by atoms with E-state index in [-0.39, 0.29) is 12.2 Å². The molecule has 1 aliphatic rings. The van der Waals surface area contributed by atoms with Crippen molar-refractivity contribution in [3.8, 4) is 0 Å². The molecule has 0 aliphatic carbocycles. The van der Waals surface area contributed by atoms with Crippen LogP contribution in [-0.4, -0.2) is 28.7 Å². The van der Waals surface area contributed by atoms with E-state index in [0.717, 1.165) is 0 Å². The van der Waals surface area contributed by atoms with Gasteiger partial charge in [0, 0.05) is 6.42 Å². The average molecular weight is 132 g/mol. The summed E-state index contributed by atoms with van der Waals surface area (Å²) in [6.45, 7) is 1.84. The van der Waals surface area contributed by atoms with E-state index in [1.165, 1.54) is 0 Å². The molecule has 1 heterocycles. The Kier molecular flexibility index (Phi) is 2.05. The van der Waals surface area contributed by atoms with Crippen molar-refractivity contribution in [3.63, 3.8) is 0 Å². The molecule has 1 aliphatic heterocycles. The van der Waals surface area contributed by atoms with E-state index in [9.17, 15) is 0 Å². The molecule has 3 atom stereocenters. The lowest BCUT2D eigenvalue weighted by Gasteiger charge is -2.27. The predicted molar refractivity (Wildman–Crippen MR) is 31.8 cm³/mol. The van der Waals surface area contributed by atoms with Gasteiger partial charge in [0.1, 0.15) is 0 Å². The van der Waals surface area contributed by atoms with Crippen LogP contribution < -0.4 is 0 Å². The van der Waals surface area contributed by atoms with Crippen LogP contribution >= 0.6 is 0 Å². The minimum Gasteiger partial charge on any atom is -0.393 e. The van der Waals surface area contributed by atoms with Crippen molar-refractivity contribution in [3.05, 3.63) is 0 Å². The maximum atomic E-state index is 9.01. The summed E-state index contributed by atoms with van der Waals surface area (Å²) < 4.78 is 4.95. The summed E-state index contributed by atoms with van der Waals surface area (Å²) in [6, 6.07) is 0. The quantitative estimate of drug-likeness (QED) is 0.482. The lowest BCUT2D eigenvalue weighted by molar-refractivity contribution is -0.183. The SMILES string of the molecule is CC1C[C@@H](O)CC(O)O1. The second-order valence-corrected chi connectivity index (χ2v) is 2.53. The van der Waals surface area contributed by atoms with Crippen molar-refractivity contribution < 1.29 is 14.9 Å². The highest BCUT2D eigenvalue weighted by atomic mass is 16.6. The summed E-state index contributed by atoms with van der Waals surface area (Å²) in [7, 11) is 0. The molecule has 0 amide bonds. The Hall–Kier alpha value is -0.120. The first-order valence-corrected chi connectivity index (χ1v) is 3.20. The van der Waals surface area contributed by atoms with Crippen molar-refractivity contribution in [2.45, 2.75) is 38.3 Å². The lowest BCUT2D eigenvalue weighted by Crippen LogP contribution is -2.33. The highest BCUT2D eigenvalue weighted by molar-refractivity contribution is 4.68. The third-order valence-corrected chi connectivity index (χ3v) is 1.47. The van der Waals surface area contributed by atoms with Gasteiger partial charge >= 0.3 is 0 Å². The van der Waals surface area contributed by atoms with Gasteiger partial charge in [-0.15, -0.1) is 0 Å². The number of rotatable bonds is 0. The van der Waals surface area contributed by atoms with E-state index in [1.807, 2.05) is 6.92 Å². The first-order valence-electron chi connectivity index (χ1n) is 3.20. The van der Waals surface area contributed by atoms with E-state index in [4.69, 9.17) is 14.9 Å². The lowest BCUT2D eigenvalue weighted by atomic mass is 10.1. The molecule has 1 fully saturated rings. The number of ether oxygens (including phenoxy) is 1. The molecule has 2 N–H and O–H groups in total. The van der Waals surface area contributed by atoms with Gasteiger partial charge in [0.15, 0.2) is 6.29 Å². The third kappa shape index (κ3) is 1.93. The molecule has 0 radical (unpaired) electrons. The molecule has 54 valence electrons. The minimum atomic E-state index is -0.760. The molecule has 3 nitrogen and oxygen atoms in total. The topological polar surface area (TPSA) is 49.7 Å². The number of aliphatic hydroxyl groups is 2.